The van der Waals surface area contributed by atoms with E-state index in [1.165, 1.54) is 17.0 Å². The van der Waals surface area contributed by atoms with E-state index in [0.29, 0.717) is 11.4 Å². The smallest absolute Gasteiger partial charge is 0.273 e. The minimum absolute atomic E-state index is 0.109. The molecule has 0 aliphatic carbocycles. The van der Waals surface area contributed by atoms with E-state index in [9.17, 15) is 14.9 Å². The van der Waals surface area contributed by atoms with Gasteiger partial charge in [-0.1, -0.05) is 0 Å². The molecule has 1 atom stereocenters. The highest BCUT2D eigenvalue weighted by Gasteiger charge is 2.16. The number of amides is 1. The van der Waals surface area contributed by atoms with Crippen LogP contribution in [0.25, 0.3) is 0 Å². The van der Waals surface area contributed by atoms with Crippen molar-refractivity contribution in [2.75, 3.05) is 24.8 Å². The lowest BCUT2D eigenvalue weighted by Gasteiger charge is -2.19. The van der Waals surface area contributed by atoms with Crippen LogP contribution in [0.1, 0.15) is 6.92 Å². The average molecular weight is 267 g/mol. The minimum atomic E-state index is -0.523. The Bertz CT molecular complexity index is 489. The van der Waals surface area contributed by atoms with Gasteiger partial charge < -0.3 is 15.6 Å². The van der Waals surface area contributed by atoms with Crippen LogP contribution in [0.15, 0.2) is 18.2 Å². The second kappa shape index (κ2) is 6.01. The molecule has 1 aromatic carbocycles. The lowest BCUT2D eigenvalue weighted by atomic mass is 10.2. The van der Waals surface area contributed by atoms with E-state index in [4.69, 9.17) is 5.84 Å². The molecule has 4 N–H and O–H groups in total. The van der Waals surface area contributed by atoms with Gasteiger partial charge in [-0.25, -0.2) is 0 Å². The zero-order valence-corrected chi connectivity index (χ0v) is 11.0. The van der Waals surface area contributed by atoms with E-state index >= 15 is 0 Å². The third-order valence-electron chi connectivity index (χ3n) is 2.49. The molecule has 8 nitrogen and oxygen atoms in total. The Balaban J connectivity index is 2.97. The molecule has 1 unspecified atom stereocenters. The summed E-state index contributed by atoms with van der Waals surface area (Å²) in [5, 5.41) is 13.7. The number of likely N-dealkylation sites (N-methyl/N-ethyl adjacent to an activating group) is 1. The number of hydrogen-bond donors (Lipinski definition) is 3. The molecule has 1 aromatic rings. The largest absolute Gasteiger partial charge is 0.374 e. The Morgan fingerprint density at radius 2 is 1.95 bits per heavy atom. The predicted octanol–water partition coefficient (Wildman–Crippen LogP) is 0.769. The van der Waals surface area contributed by atoms with Crippen molar-refractivity contribution in [2.45, 2.75) is 13.0 Å². The molecule has 0 saturated heterocycles. The van der Waals surface area contributed by atoms with Gasteiger partial charge in [0.2, 0.25) is 5.91 Å². The number of nitrogens with one attached hydrogen (secondary N) is 2. The average Bonchev–Trinajstić information content (AvgIpc) is 2.36. The topological polar surface area (TPSA) is 114 Å². The minimum Gasteiger partial charge on any atom is -0.374 e. The normalized spacial score (nSPS) is 11.6. The van der Waals surface area contributed by atoms with E-state index in [-0.39, 0.29) is 11.6 Å². The molecular formula is C11H17N5O3. The number of carbonyl (C=O) groups is 1. The Kier molecular flexibility index (Phi) is 4.65. The number of nitro benzene ring substituents is 1. The molecule has 0 aliphatic heterocycles. The van der Waals surface area contributed by atoms with Gasteiger partial charge in [0, 0.05) is 31.9 Å². The molecule has 0 radical (unpaired) electrons. The van der Waals surface area contributed by atoms with Crippen LogP contribution < -0.4 is 16.6 Å². The van der Waals surface area contributed by atoms with Gasteiger partial charge in [0.05, 0.1) is 10.6 Å². The highest BCUT2D eigenvalue weighted by atomic mass is 16.6. The number of nitrogen functional groups attached to an aromatic ring is 1. The molecule has 1 rings (SSSR count). The number of hydrogen-bond acceptors (Lipinski definition) is 6. The SMILES string of the molecule is CC(Nc1cc(NN)cc([N+](=O)[O-])c1)C(=O)N(C)C. The second-order valence-corrected chi connectivity index (χ2v) is 4.27. The molecule has 0 bridgehead atoms. The van der Waals surface area contributed by atoms with Crippen molar-refractivity contribution >= 4 is 23.0 Å². The molecule has 0 fully saturated rings. The van der Waals surface area contributed by atoms with Crippen LogP contribution in [-0.4, -0.2) is 35.9 Å². The number of rotatable bonds is 5. The first-order valence-electron chi connectivity index (χ1n) is 5.59. The van der Waals surface area contributed by atoms with Crippen molar-refractivity contribution in [2.24, 2.45) is 5.84 Å². The zero-order chi connectivity index (χ0) is 14.6. The number of nitrogens with two attached hydrogens (primary N) is 1. The van der Waals surface area contributed by atoms with Crippen LogP contribution in [-0.2, 0) is 4.79 Å². The van der Waals surface area contributed by atoms with Crippen LogP contribution in [0.2, 0.25) is 0 Å². The van der Waals surface area contributed by atoms with Gasteiger partial charge in [0.1, 0.15) is 6.04 Å². The second-order valence-electron chi connectivity index (χ2n) is 4.27. The number of carbonyl (C=O) groups excluding carboxylic acids is 1. The van der Waals surface area contributed by atoms with Crippen molar-refractivity contribution in [1.29, 1.82) is 0 Å². The summed E-state index contributed by atoms with van der Waals surface area (Å²) in [5.74, 6) is 5.12. The van der Waals surface area contributed by atoms with E-state index in [2.05, 4.69) is 10.7 Å². The first kappa shape index (κ1) is 14.7. The van der Waals surface area contributed by atoms with Crippen molar-refractivity contribution in [3.05, 3.63) is 28.3 Å². The predicted molar refractivity (Wildman–Crippen MR) is 72.7 cm³/mol. The fraction of sp³-hybridized carbons (Fsp3) is 0.364. The third-order valence-corrected chi connectivity index (χ3v) is 2.49. The van der Waals surface area contributed by atoms with Crippen LogP contribution >= 0.6 is 0 Å². The van der Waals surface area contributed by atoms with E-state index in [0.717, 1.165) is 0 Å². The molecule has 0 saturated carbocycles. The summed E-state index contributed by atoms with van der Waals surface area (Å²) in [6.45, 7) is 1.68. The standard InChI is InChI=1S/C11H17N5O3/c1-7(11(17)15(2)3)13-8-4-9(14-12)6-10(5-8)16(18)19/h4-7,13-14H,12H2,1-3H3. The Labute approximate surface area is 110 Å². The number of hydrazine groups is 1. The number of non-ortho nitro benzene ring substituents is 1. The van der Waals surface area contributed by atoms with Gasteiger partial charge in [-0.05, 0) is 13.0 Å². The maximum absolute atomic E-state index is 11.7. The van der Waals surface area contributed by atoms with E-state index < -0.39 is 11.0 Å². The van der Waals surface area contributed by atoms with Crippen molar-refractivity contribution in [3.63, 3.8) is 0 Å². The summed E-state index contributed by atoms with van der Waals surface area (Å²) in [5.41, 5.74) is 3.08. The number of benzene rings is 1. The van der Waals surface area contributed by atoms with Crippen LogP contribution in [0.3, 0.4) is 0 Å². The van der Waals surface area contributed by atoms with Gasteiger partial charge in [0.15, 0.2) is 0 Å². The monoisotopic (exact) mass is 267 g/mol. The summed E-state index contributed by atoms with van der Waals surface area (Å²) in [6, 6.07) is 3.75. The molecule has 1 amide bonds. The molecular weight excluding hydrogens is 250 g/mol. The van der Waals surface area contributed by atoms with Gasteiger partial charge >= 0.3 is 0 Å². The third kappa shape index (κ3) is 3.81. The number of anilines is 2. The van der Waals surface area contributed by atoms with Crippen LogP contribution in [0.4, 0.5) is 17.1 Å². The Hall–Kier alpha value is -2.35. The summed E-state index contributed by atoms with van der Waals surface area (Å²) in [6.07, 6.45) is 0. The van der Waals surface area contributed by atoms with Crippen molar-refractivity contribution in [1.82, 2.24) is 4.90 Å². The molecule has 0 heterocycles. The fourth-order valence-corrected chi connectivity index (χ4v) is 1.58. The number of nitro groups is 1. The molecule has 104 valence electrons. The van der Waals surface area contributed by atoms with Crippen molar-refractivity contribution in [3.8, 4) is 0 Å². The molecule has 0 spiro atoms. The Morgan fingerprint density at radius 1 is 1.37 bits per heavy atom. The molecule has 19 heavy (non-hydrogen) atoms. The quantitative estimate of drug-likeness (QED) is 0.412. The van der Waals surface area contributed by atoms with Crippen LogP contribution in [0.5, 0.6) is 0 Å². The van der Waals surface area contributed by atoms with Crippen LogP contribution in [0, 0.1) is 10.1 Å². The van der Waals surface area contributed by atoms with E-state index in [1.54, 1.807) is 27.1 Å². The van der Waals surface area contributed by atoms with Gasteiger partial charge in [-0.3, -0.25) is 20.8 Å². The lowest BCUT2D eigenvalue weighted by molar-refractivity contribution is -0.384. The first-order chi connectivity index (χ1) is 8.85. The maximum atomic E-state index is 11.7. The van der Waals surface area contributed by atoms with Gasteiger partial charge in [0.25, 0.3) is 5.69 Å². The maximum Gasteiger partial charge on any atom is 0.273 e. The summed E-state index contributed by atoms with van der Waals surface area (Å²) < 4.78 is 0. The fourth-order valence-electron chi connectivity index (χ4n) is 1.58. The molecule has 0 aromatic heterocycles. The van der Waals surface area contributed by atoms with Gasteiger partial charge in [-0.2, -0.15) is 0 Å². The number of nitrogens with zero attached hydrogens (tertiary/aromatic N) is 2. The summed E-state index contributed by atoms with van der Waals surface area (Å²) in [4.78, 5) is 23.4. The molecule has 0 aliphatic rings. The van der Waals surface area contributed by atoms with Gasteiger partial charge in [-0.15, -0.1) is 0 Å². The first-order valence-corrected chi connectivity index (χ1v) is 5.59. The zero-order valence-electron chi connectivity index (χ0n) is 11.0. The molecule has 8 heteroatoms. The highest BCUT2D eigenvalue weighted by molar-refractivity contribution is 5.84. The summed E-state index contributed by atoms with van der Waals surface area (Å²) in [7, 11) is 3.28. The van der Waals surface area contributed by atoms with Crippen molar-refractivity contribution < 1.29 is 9.72 Å². The summed E-state index contributed by atoms with van der Waals surface area (Å²) >= 11 is 0. The highest BCUT2D eigenvalue weighted by Crippen LogP contribution is 2.24. The lowest BCUT2D eigenvalue weighted by Crippen LogP contribution is -2.36. The van der Waals surface area contributed by atoms with E-state index in [1.807, 2.05) is 0 Å². The Morgan fingerprint density at radius 3 is 2.42 bits per heavy atom.